The Morgan fingerprint density at radius 2 is 1.74 bits per heavy atom. The van der Waals surface area contributed by atoms with Gasteiger partial charge in [-0.05, 0) is 39.8 Å². The van der Waals surface area contributed by atoms with Gasteiger partial charge in [0, 0.05) is 6.07 Å². The van der Waals surface area contributed by atoms with Crippen LogP contribution < -0.4 is 4.74 Å². The average molecular weight is 260 g/mol. The minimum absolute atomic E-state index is 0.470. The molecule has 1 heterocycles. The van der Waals surface area contributed by atoms with Crippen LogP contribution in [0.25, 0.3) is 11.0 Å². The highest BCUT2D eigenvalue weighted by Gasteiger charge is 2.29. The molecule has 0 aliphatic rings. The van der Waals surface area contributed by atoms with E-state index < -0.39 is 11.6 Å². The summed E-state index contributed by atoms with van der Waals surface area (Å²) in [6, 6.07) is 5.19. The number of nitrogens with zero attached hydrogens (tertiary/aromatic N) is 2. The normalized spacial score (nSPS) is 11.6. The van der Waals surface area contributed by atoms with E-state index in [4.69, 9.17) is 9.84 Å². The van der Waals surface area contributed by atoms with Gasteiger partial charge >= 0.3 is 5.97 Å². The Hall–Kier alpha value is -2.17. The fourth-order valence-electron chi connectivity index (χ4n) is 1.61. The number of aryl methyl sites for hydroxylation is 2. The molecule has 5 nitrogen and oxygen atoms in total. The van der Waals surface area contributed by atoms with Crippen LogP contribution in [0.15, 0.2) is 18.2 Å². The molecule has 0 amide bonds. The summed E-state index contributed by atoms with van der Waals surface area (Å²) in [5.41, 5.74) is 1.92. The zero-order valence-corrected chi connectivity index (χ0v) is 11.4. The first kappa shape index (κ1) is 13.3. The lowest BCUT2D eigenvalue weighted by atomic mass is 10.1. The molecule has 0 saturated heterocycles. The van der Waals surface area contributed by atoms with Crippen LogP contribution in [0.4, 0.5) is 0 Å². The van der Waals surface area contributed by atoms with Gasteiger partial charge in [-0.3, -0.25) is 0 Å². The van der Waals surface area contributed by atoms with Crippen molar-refractivity contribution in [2.45, 2.75) is 33.3 Å². The third kappa shape index (κ3) is 2.65. The molecule has 1 N–H and O–H groups in total. The Balaban J connectivity index is 2.42. The zero-order valence-electron chi connectivity index (χ0n) is 11.4. The van der Waals surface area contributed by atoms with Gasteiger partial charge < -0.3 is 9.84 Å². The number of aromatic nitrogens is 2. The molecule has 1 aromatic heterocycles. The van der Waals surface area contributed by atoms with Crippen LogP contribution in [0.1, 0.15) is 25.2 Å². The van der Waals surface area contributed by atoms with Crippen molar-refractivity contribution in [1.29, 1.82) is 0 Å². The topological polar surface area (TPSA) is 72.3 Å². The van der Waals surface area contributed by atoms with Crippen LogP contribution >= 0.6 is 0 Å². The Bertz CT molecular complexity index is 650. The Kier molecular flexibility index (Phi) is 3.14. The Morgan fingerprint density at radius 1 is 1.16 bits per heavy atom. The molecule has 0 unspecified atom stereocenters. The van der Waals surface area contributed by atoms with Gasteiger partial charge in [0.05, 0.1) is 22.4 Å². The van der Waals surface area contributed by atoms with Gasteiger partial charge in [-0.2, -0.15) is 0 Å². The second-order valence-corrected chi connectivity index (χ2v) is 4.96. The molecule has 0 spiro atoms. The maximum atomic E-state index is 11.0. The SMILES string of the molecule is Cc1nc2ccc(OC(C)(C)C(=O)O)cc2nc1C. The molecule has 0 aliphatic heterocycles. The van der Waals surface area contributed by atoms with Crippen LogP contribution in [0, 0.1) is 13.8 Å². The van der Waals surface area contributed by atoms with Gasteiger partial charge in [0.1, 0.15) is 5.75 Å². The lowest BCUT2D eigenvalue weighted by Gasteiger charge is -2.21. The summed E-state index contributed by atoms with van der Waals surface area (Å²) in [7, 11) is 0. The highest BCUT2D eigenvalue weighted by atomic mass is 16.5. The molecule has 1 aromatic carbocycles. The Morgan fingerprint density at radius 3 is 2.32 bits per heavy atom. The number of carbonyl (C=O) groups is 1. The van der Waals surface area contributed by atoms with E-state index in [-0.39, 0.29) is 0 Å². The quantitative estimate of drug-likeness (QED) is 0.917. The van der Waals surface area contributed by atoms with Crippen LogP contribution in [-0.4, -0.2) is 26.6 Å². The van der Waals surface area contributed by atoms with Gasteiger partial charge in [0.25, 0.3) is 0 Å². The van der Waals surface area contributed by atoms with Crippen molar-refractivity contribution in [3.05, 3.63) is 29.6 Å². The second-order valence-electron chi connectivity index (χ2n) is 4.96. The molecular formula is C14H16N2O3. The lowest BCUT2D eigenvalue weighted by Crippen LogP contribution is -2.37. The molecule has 100 valence electrons. The van der Waals surface area contributed by atoms with Crippen molar-refractivity contribution < 1.29 is 14.6 Å². The smallest absolute Gasteiger partial charge is 0.347 e. The number of hydrogen-bond acceptors (Lipinski definition) is 4. The number of carboxylic acid groups (broad SMARTS) is 1. The summed E-state index contributed by atoms with van der Waals surface area (Å²) in [5, 5.41) is 9.04. The van der Waals surface area contributed by atoms with Crippen molar-refractivity contribution in [2.75, 3.05) is 0 Å². The van der Waals surface area contributed by atoms with Crippen molar-refractivity contribution in [3.63, 3.8) is 0 Å². The van der Waals surface area contributed by atoms with Gasteiger partial charge in [-0.25, -0.2) is 14.8 Å². The zero-order chi connectivity index (χ0) is 14.2. The van der Waals surface area contributed by atoms with E-state index >= 15 is 0 Å². The van der Waals surface area contributed by atoms with E-state index in [0.29, 0.717) is 11.3 Å². The molecular weight excluding hydrogens is 244 g/mol. The van der Waals surface area contributed by atoms with Gasteiger partial charge in [-0.1, -0.05) is 0 Å². The van der Waals surface area contributed by atoms with E-state index in [1.807, 2.05) is 13.8 Å². The van der Waals surface area contributed by atoms with E-state index in [1.54, 1.807) is 18.2 Å². The van der Waals surface area contributed by atoms with E-state index in [9.17, 15) is 4.79 Å². The minimum Gasteiger partial charge on any atom is -0.478 e. The molecule has 0 fully saturated rings. The lowest BCUT2D eigenvalue weighted by molar-refractivity contribution is -0.152. The summed E-state index contributed by atoms with van der Waals surface area (Å²) >= 11 is 0. The second kappa shape index (κ2) is 4.50. The molecule has 19 heavy (non-hydrogen) atoms. The fourth-order valence-corrected chi connectivity index (χ4v) is 1.61. The number of fused-ring (bicyclic) bond motifs is 1. The number of aliphatic carboxylic acids is 1. The van der Waals surface area contributed by atoms with Crippen molar-refractivity contribution >= 4 is 17.0 Å². The molecule has 2 aromatic rings. The van der Waals surface area contributed by atoms with Crippen LogP contribution in [0.5, 0.6) is 5.75 Å². The standard InChI is InChI=1S/C14H16N2O3/c1-8-9(2)16-12-7-10(5-6-11(12)15-8)19-14(3,4)13(17)18/h5-7H,1-4H3,(H,17,18). The molecule has 5 heteroatoms. The fraction of sp³-hybridized carbons (Fsp3) is 0.357. The van der Waals surface area contributed by atoms with E-state index in [0.717, 1.165) is 16.9 Å². The van der Waals surface area contributed by atoms with Gasteiger partial charge in [0.2, 0.25) is 0 Å². The van der Waals surface area contributed by atoms with Crippen LogP contribution in [-0.2, 0) is 4.79 Å². The van der Waals surface area contributed by atoms with Crippen molar-refractivity contribution in [2.24, 2.45) is 0 Å². The van der Waals surface area contributed by atoms with Crippen LogP contribution in [0.3, 0.4) is 0 Å². The summed E-state index contributed by atoms with van der Waals surface area (Å²) in [4.78, 5) is 19.9. The molecule has 0 atom stereocenters. The molecule has 0 bridgehead atoms. The summed E-state index contributed by atoms with van der Waals surface area (Å²) in [6.45, 7) is 6.80. The number of rotatable bonds is 3. The first-order chi connectivity index (χ1) is 8.79. The average Bonchev–Trinajstić information content (AvgIpc) is 2.30. The van der Waals surface area contributed by atoms with E-state index in [1.165, 1.54) is 13.8 Å². The first-order valence-corrected chi connectivity index (χ1v) is 5.97. The predicted octanol–water partition coefficient (Wildman–Crippen LogP) is 2.49. The molecule has 2 rings (SSSR count). The summed E-state index contributed by atoms with van der Waals surface area (Å²) in [6.07, 6.45) is 0. The third-order valence-electron chi connectivity index (χ3n) is 2.93. The number of hydrogen-bond donors (Lipinski definition) is 1. The maximum Gasteiger partial charge on any atom is 0.347 e. The van der Waals surface area contributed by atoms with Crippen molar-refractivity contribution in [1.82, 2.24) is 9.97 Å². The van der Waals surface area contributed by atoms with Crippen molar-refractivity contribution in [3.8, 4) is 5.75 Å². The molecule has 0 radical (unpaired) electrons. The number of ether oxygens (including phenoxy) is 1. The largest absolute Gasteiger partial charge is 0.478 e. The first-order valence-electron chi connectivity index (χ1n) is 5.97. The maximum absolute atomic E-state index is 11.0. The summed E-state index contributed by atoms with van der Waals surface area (Å²) < 4.78 is 5.47. The highest BCUT2D eigenvalue weighted by Crippen LogP contribution is 2.23. The Labute approximate surface area is 111 Å². The van der Waals surface area contributed by atoms with Gasteiger partial charge in [0.15, 0.2) is 5.60 Å². The third-order valence-corrected chi connectivity index (χ3v) is 2.93. The predicted molar refractivity (Wildman–Crippen MR) is 71.4 cm³/mol. The molecule has 0 saturated carbocycles. The summed E-state index contributed by atoms with van der Waals surface area (Å²) in [5.74, 6) is -0.545. The highest BCUT2D eigenvalue weighted by molar-refractivity contribution is 5.78. The number of carboxylic acids is 1. The van der Waals surface area contributed by atoms with Crippen LogP contribution in [0.2, 0.25) is 0 Å². The molecule has 0 aliphatic carbocycles. The minimum atomic E-state index is -1.28. The van der Waals surface area contributed by atoms with E-state index in [2.05, 4.69) is 9.97 Å². The van der Waals surface area contributed by atoms with Gasteiger partial charge in [-0.15, -0.1) is 0 Å². The number of benzene rings is 1. The monoisotopic (exact) mass is 260 g/mol.